The Hall–Kier alpha value is -1.88. The van der Waals surface area contributed by atoms with Crippen molar-refractivity contribution in [3.63, 3.8) is 0 Å². The molecule has 0 bridgehead atoms. The lowest BCUT2D eigenvalue weighted by Crippen LogP contribution is -2.39. The lowest BCUT2D eigenvalue weighted by atomic mass is 10.1. The smallest absolute Gasteiger partial charge is 0.233 e. The Morgan fingerprint density at radius 1 is 1.19 bits per heavy atom. The van der Waals surface area contributed by atoms with Crippen LogP contribution in [0.15, 0.2) is 24.3 Å². The zero-order valence-corrected chi connectivity index (χ0v) is 13.0. The first-order valence-corrected chi connectivity index (χ1v) is 7.30. The zero-order valence-electron chi connectivity index (χ0n) is 13.0. The third kappa shape index (κ3) is 5.55. The molecule has 116 valence electrons. The molecule has 21 heavy (non-hydrogen) atoms. The van der Waals surface area contributed by atoms with Crippen LogP contribution in [0.4, 0.5) is 0 Å². The molecule has 0 radical (unpaired) electrons. The Morgan fingerprint density at radius 2 is 1.90 bits per heavy atom. The number of hydrogen-bond donors (Lipinski definition) is 1. The SMILES string of the molecule is CCCN(CC(=O)NC)CC(=O)c1ccccc1OCC. The summed E-state index contributed by atoms with van der Waals surface area (Å²) in [4.78, 5) is 25.8. The number of nitrogens with one attached hydrogen (secondary N) is 1. The highest BCUT2D eigenvalue weighted by Crippen LogP contribution is 2.18. The number of rotatable bonds is 9. The van der Waals surface area contributed by atoms with Crippen LogP contribution in [0.1, 0.15) is 30.6 Å². The fraction of sp³-hybridized carbons (Fsp3) is 0.500. The standard InChI is InChI=1S/C16H24N2O3/c1-4-10-18(12-16(20)17-3)11-14(19)13-8-6-7-9-15(13)21-5-2/h6-9H,4-5,10-12H2,1-3H3,(H,17,20). The van der Waals surface area contributed by atoms with Crippen molar-refractivity contribution in [3.05, 3.63) is 29.8 Å². The van der Waals surface area contributed by atoms with Crippen molar-refractivity contribution in [1.82, 2.24) is 10.2 Å². The molecule has 1 rings (SSSR count). The number of carbonyl (C=O) groups excluding carboxylic acids is 2. The van der Waals surface area contributed by atoms with Crippen molar-refractivity contribution in [1.29, 1.82) is 0 Å². The summed E-state index contributed by atoms with van der Waals surface area (Å²) in [6, 6.07) is 7.21. The van der Waals surface area contributed by atoms with E-state index in [4.69, 9.17) is 4.74 Å². The molecule has 1 N–H and O–H groups in total. The topological polar surface area (TPSA) is 58.6 Å². The average molecular weight is 292 g/mol. The molecule has 1 aromatic carbocycles. The summed E-state index contributed by atoms with van der Waals surface area (Å²) in [6.45, 7) is 5.57. The van der Waals surface area contributed by atoms with Crippen molar-refractivity contribution in [2.45, 2.75) is 20.3 Å². The fourth-order valence-electron chi connectivity index (χ4n) is 2.08. The normalized spacial score (nSPS) is 10.5. The molecule has 0 aliphatic heterocycles. The van der Waals surface area contributed by atoms with Gasteiger partial charge in [-0.15, -0.1) is 0 Å². The maximum absolute atomic E-state index is 12.4. The molecule has 0 fully saturated rings. The number of benzene rings is 1. The molecule has 1 aromatic rings. The van der Waals surface area contributed by atoms with Gasteiger partial charge in [0.2, 0.25) is 5.91 Å². The molecular weight excluding hydrogens is 268 g/mol. The highest BCUT2D eigenvalue weighted by molar-refractivity contribution is 6.00. The molecule has 0 saturated heterocycles. The predicted molar refractivity (Wildman–Crippen MR) is 82.7 cm³/mol. The molecule has 0 aliphatic carbocycles. The van der Waals surface area contributed by atoms with Crippen LogP contribution >= 0.6 is 0 Å². The maximum Gasteiger partial charge on any atom is 0.233 e. The summed E-state index contributed by atoms with van der Waals surface area (Å²) >= 11 is 0. The van der Waals surface area contributed by atoms with Crippen molar-refractivity contribution in [2.24, 2.45) is 0 Å². The summed E-state index contributed by atoms with van der Waals surface area (Å²) in [7, 11) is 1.60. The van der Waals surface area contributed by atoms with E-state index in [1.54, 1.807) is 19.2 Å². The van der Waals surface area contributed by atoms with Gasteiger partial charge >= 0.3 is 0 Å². The quantitative estimate of drug-likeness (QED) is 0.704. The van der Waals surface area contributed by atoms with Gasteiger partial charge in [0.05, 0.1) is 25.3 Å². The summed E-state index contributed by atoms with van der Waals surface area (Å²) in [6.07, 6.45) is 0.886. The van der Waals surface area contributed by atoms with Gasteiger partial charge in [-0.2, -0.15) is 0 Å². The number of carbonyl (C=O) groups is 2. The molecular formula is C16H24N2O3. The summed E-state index contributed by atoms with van der Waals surface area (Å²) < 4.78 is 5.48. The molecule has 0 aliphatic rings. The van der Waals surface area contributed by atoms with Crippen LogP contribution in [0.3, 0.4) is 0 Å². The number of likely N-dealkylation sites (N-methyl/N-ethyl adjacent to an activating group) is 1. The van der Waals surface area contributed by atoms with E-state index in [0.29, 0.717) is 24.5 Å². The average Bonchev–Trinajstić information content (AvgIpc) is 2.48. The van der Waals surface area contributed by atoms with Crippen LogP contribution in [-0.4, -0.2) is 49.9 Å². The molecule has 5 heteroatoms. The van der Waals surface area contributed by atoms with Gasteiger partial charge in [0.25, 0.3) is 0 Å². The Kier molecular flexibility index (Phi) is 7.46. The highest BCUT2D eigenvalue weighted by Gasteiger charge is 2.17. The molecule has 0 unspecified atom stereocenters. The first-order chi connectivity index (χ1) is 10.1. The first kappa shape index (κ1) is 17.2. The molecule has 0 saturated carbocycles. The zero-order chi connectivity index (χ0) is 15.7. The van der Waals surface area contributed by atoms with Gasteiger partial charge in [-0.25, -0.2) is 0 Å². The van der Waals surface area contributed by atoms with E-state index < -0.39 is 0 Å². The maximum atomic E-state index is 12.4. The van der Waals surface area contributed by atoms with Crippen LogP contribution in [0.5, 0.6) is 5.75 Å². The second kappa shape index (κ2) is 9.13. The van der Waals surface area contributed by atoms with Crippen LogP contribution in [0.2, 0.25) is 0 Å². The second-order valence-electron chi connectivity index (χ2n) is 4.74. The summed E-state index contributed by atoms with van der Waals surface area (Å²) in [5.41, 5.74) is 0.567. The lowest BCUT2D eigenvalue weighted by Gasteiger charge is -2.20. The molecule has 0 aromatic heterocycles. The predicted octanol–water partition coefficient (Wildman–Crippen LogP) is 1.73. The number of nitrogens with zero attached hydrogens (tertiary/aromatic N) is 1. The second-order valence-corrected chi connectivity index (χ2v) is 4.74. The van der Waals surface area contributed by atoms with Crippen molar-refractivity contribution in [2.75, 3.05) is 33.3 Å². The van der Waals surface area contributed by atoms with Crippen molar-refractivity contribution >= 4 is 11.7 Å². The molecule has 0 atom stereocenters. The van der Waals surface area contributed by atoms with E-state index in [9.17, 15) is 9.59 Å². The van der Waals surface area contributed by atoms with Gasteiger partial charge in [0, 0.05) is 7.05 Å². The minimum atomic E-state index is -0.0886. The molecule has 0 heterocycles. The van der Waals surface area contributed by atoms with Crippen molar-refractivity contribution in [3.8, 4) is 5.75 Å². The van der Waals surface area contributed by atoms with Gasteiger partial charge in [0.1, 0.15) is 5.75 Å². The summed E-state index contributed by atoms with van der Waals surface area (Å²) in [5, 5.41) is 2.58. The number of hydrogen-bond acceptors (Lipinski definition) is 4. The third-order valence-corrected chi connectivity index (χ3v) is 3.04. The Balaban J connectivity index is 2.79. The molecule has 0 spiro atoms. The first-order valence-electron chi connectivity index (χ1n) is 7.30. The Morgan fingerprint density at radius 3 is 2.52 bits per heavy atom. The number of Topliss-reactive ketones (excluding diaryl/α,β-unsaturated/α-hetero) is 1. The van der Waals surface area contributed by atoms with Gasteiger partial charge in [-0.3, -0.25) is 14.5 Å². The van der Waals surface area contributed by atoms with Gasteiger partial charge in [-0.05, 0) is 32.0 Å². The van der Waals surface area contributed by atoms with Crippen LogP contribution in [0.25, 0.3) is 0 Å². The minimum Gasteiger partial charge on any atom is -0.493 e. The van der Waals surface area contributed by atoms with Crippen LogP contribution < -0.4 is 10.1 Å². The number of amides is 1. The van der Waals surface area contributed by atoms with Gasteiger partial charge in [0.15, 0.2) is 5.78 Å². The summed E-state index contributed by atoms with van der Waals surface area (Å²) in [5.74, 6) is 0.479. The van der Waals surface area contributed by atoms with E-state index in [1.165, 1.54) is 0 Å². The Bertz CT molecular complexity index is 474. The van der Waals surface area contributed by atoms with Crippen molar-refractivity contribution < 1.29 is 14.3 Å². The highest BCUT2D eigenvalue weighted by atomic mass is 16.5. The molecule has 1 amide bonds. The molecule has 5 nitrogen and oxygen atoms in total. The fourth-order valence-corrected chi connectivity index (χ4v) is 2.08. The van der Waals surface area contributed by atoms with Crippen LogP contribution in [-0.2, 0) is 4.79 Å². The number of ether oxygens (including phenoxy) is 1. The van der Waals surface area contributed by atoms with Gasteiger partial charge < -0.3 is 10.1 Å². The van der Waals surface area contributed by atoms with E-state index in [1.807, 2.05) is 30.9 Å². The minimum absolute atomic E-state index is 0.0311. The third-order valence-electron chi connectivity index (χ3n) is 3.04. The van der Waals surface area contributed by atoms with E-state index in [2.05, 4.69) is 5.32 Å². The lowest BCUT2D eigenvalue weighted by molar-refractivity contribution is -0.121. The van der Waals surface area contributed by atoms with Gasteiger partial charge in [-0.1, -0.05) is 19.1 Å². The van der Waals surface area contributed by atoms with E-state index >= 15 is 0 Å². The number of para-hydroxylation sites is 1. The van der Waals surface area contributed by atoms with Crippen LogP contribution in [0, 0.1) is 0 Å². The monoisotopic (exact) mass is 292 g/mol. The van der Waals surface area contributed by atoms with E-state index in [-0.39, 0.29) is 24.8 Å². The Labute approximate surface area is 126 Å². The largest absolute Gasteiger partial charge is 0.493 e. The van der Waals surface area contributed by atoms with E-state index in [0.717, 1.165) is 6.42 Å². The number of ketones is 1.